The van der Waals surface area contributed by atoms with Crippen LogP contribution in [0.2, 0.25) is 0 Å². The Labute approximate surface area is 147 Å². The molecule has 0 unspecified atom stereocenters. The third-order valence-electron chi connectivity index (χ3n) is 3.54. The van der Waals surface area contributed by atoms with Gasteiger partial charge in [-0.05, 0) is 47.9 Å². The third-order valence-corrected chi connectivity index (χ3v) is 4.99. The molecular formula is C18H20N2O4S. The molecule has 0 aliphatic heterocycles. The quantitative estimate of drug-likeness (QED) is 0.857. The molecule has 7 heteroatoms. The number of carbonyl (C=O) groups excluding carboxylic acids is 2. The molecule has 0 aromatic heterocycles. The SMILES string of the molecule is CC(=O)NS(=O)(=O)c1ccc(NC(=O)c2ccc(C(C)C)cc2)cc1. The zero-order valence-corrected chi connectivity index (χ0v) is 15.1. The molecule has 6 nitrogen and oxygen atoms in total. The van der Waals surface area contributed by atoms with E-state index in [9.17, 15) is 18.0 Å². The minimum absolute atomic E-state index is 0.0537. The Morgan fingerprint density at radius 3 is 1.96 bits per heavy atom. The number of carbonyl (C=O) groups is 2. The molecule has 2 N–H and O–H groups in total. The highest BCUT2D eigenvalue weighted by molar-refractivity contribution is 7.90. The van der Waals surface area contributed by atoms with Gasteiger partial charge in [0.1, 0.15) is 0 Å². The molecule has 2 amide bonds. The van der Waals surface area contributed by atoms with Crippen LogP contribution in [0, 0.1) is 0 Å². The number of nitrogens with one attached hydrogen (secondary N) is 2. The van der Waals surface area contributed by atoms with Gasteiger partial charge in [-0.15, -0.1) is 0 Å². The Bertz CT molecular complexity index is 870. The first-order valence-electron chi connectivity index (χ1n) is 7.74. The van der Waals surface area contributed by atoms with E-state index >= 15 is 0 Å². The third kappa shape index (κ3) is 4.90. The molecule has 0 heterocycles. The number of amides is 2. The van der Waals surface area contributed by atoms with Crippen LogP contribution in [0.1, 0.15) is 42.6 Å². The Balaban J connectivity index is 2.10. The lowest BCUT2D eigenvalue weighted by molar-refractivity contribution is -0.117. The van der Waals surface area contributed by atoms with Crippen molar-refractivity contribution in [2.45, 2.75) is 31.6 Å². The van der Waals surface area contributed by atoms with Crippen LogP contribution in [0.4, 0.5) is 5.69 Å². The second-order valence-corrected chi connectivity index (χ2v) is 7.60. The molecule has 0 aliphatic rings. The minimum atomic E-state index is -3.88. The maximum absolute atomic E-state index is 12.2. The molecule has 2 rings (SSSR count). The monoisotopic (exact) mass is 360 g/mol. The Kier molecular flexibility index (Phi) is 5.58. The average Bonchev–Trinajstić information content (AvgIpc) is 2.54. The van der Waals surface area contributed by atoms with Crippen molar-refractivity contribution in [2.75, 3.05) is 5.32 Å². The van der Waals surface area contributed by atoms with Gasteiger partial charge in [0.2, 0.25) is 5.91 Å². The van der Waals surface area contributed by atoms with Gasteiger partial charge in [0, 0.05) is 18.2 Å². The van der Waals surface area contributed by atoms with Crippen LogP contribution in [0.3, 0.4) is 0 Å². The molecule has 2 aromatic carbocycles. The summed E-state index contributed by atoms with van der Waals surface area (Å²) in [7, 11) is -3.88. The van der Waals surface area contributed by atoms with Gasteiger partial charge in [-0.1, -0.05) is 26.0 Å². The molecule has 0 aliphatic carbocycles. The summed E-state index contributed by atoms with van der Waals surface area (Å²) in [5.74, 6) is -0.565. The first-order valence-corrected chi connectivity index (χ1v) is 9.22. The van der Waals surface area contributed by atoms with Crippen LogP contribution in [0.5, 0.6) is 0 Å². The van der Waals surface area contributed by atoms with E-state index in [-0.39, 0.29) is 10.8 Å². The highest BCUT2D eigenvalue weighted by Gasteiger charge is 2.15. The second kappa shape index (κ2) is 7.48. The number of rotatable bonds is 5. The lowest BCUT2D eigenvalue weighted by atomic mass is 10.0. The fourth-order valence-electron chi connectivity index (χ4n) is 2.19. The van der Waals surface area contributed by atoms with E-state index in [1.807, 2.05) is 16.9 Å². The summed E-state index contributed by atoms with van der Waals surface area (Å²) in [5, 5.41) is 2.71. The van der Waals surface area contributed by atoms with Crippen molar-refractivity contribution in [3.8, 4) is 0 Å². The summed E-state index contributed by atoms with van der Waals surface area (Å²) in [5.41, 5.74) is 2.11. The molecule has 0 fully saturated rings. The van der Waals surface area contributed by atoms with Gasteiger partial charge in [-0.3, -0.25) is 9.59 Å². The smallest absolute Gasteiger partial charge is 0.264 e. The van der Waals surface area contributed by atoms with Gasteiger partial charge in [-0.25, -0.2) is 13.1 Å². The predicted octanol–water partition coefficient (Wildman–Crippen LogP) is 2.89. The molecule has 2 aromatic rings. The van der Waals surface area contributed by atoms with Crippen molar-refractivity contribution in [2.24, 2.45) is 0 Å². The maximum atomic E-state index is 12.2. The van der Waals surface area contributed by atoms with E-state index in [0.717, 1.165) is 12.5 Å². The van der Waals surface area contributed by atoms with Gasteiger partial charge < -0.3 is 5.32 Å². The van der Waals surface area contributed by atoms with Crippen LogP contribution in [-0.4, -0.2) is 20.2 Å². The standard InChI is InChI=1S/C18H20N2O4S/c1-12(2)14-4-6-15(7-5-14)18(22)19-16-8-10-17(11-9-16)25(23,24)20-13(3)21/h4-12H,1-3H3,(H,19,22)(H,20,21). The Hall–Kier alpha value is -2.67. The van der Waals surface area contributed by atoms with Crippen molar-refractivity contribution in [3.63, 3.8) is 0 Å². The fraction of sp³-hybridized carbons (Fsp3) is 0.222. The predicted molar refractivity (Wildman–Crippen MR) is 95.9 cm³/mol. The van der Waals surface area contributed by atoms with E-state index in [1.165, 1.54) is 24.3 Å². The number of hydrogen-bond acceptors (Lipinski definition) is 4. The van der Waals surface area contributed by atoms with Crippen molar-refractivity contribution in [3.05, 3.63) is 59.7 Å². The molecule has 25 heavy (non-hydrogen) atoms. The number of hydrogen-bond donors (Lipinski definition) is 2. The molecular weight excluding hydrogens is 340 g/mol. The van der Waals surface area contributed by atoms with Crippen LogP contribution in [-0.2, 0) is 14.8 Å². The molecule has 0 bridgehead atoms. The summed E-state index contributed by atoms with van der Waals surface area (Å²) in [6.07, 6.45) is 0. The first-order chi connectivity index (χ1) is 11.7. The number of sulfonamides is 1. The molecule has 132 valence electrons. The first kappa shape index (κ1) is 18.7. The zero-order chi connectivity index (χ0) is 18.6. The average molecular weight is 360 g/mol. The van der Waals surface area contributed by atoms with Crippen LogP contribution < -0.4 is 10.0 Å². The summed E-state index contributed by atoms with van der Waals surface area (Å²) < 4.78 is 25.6. The fourth-order valence-corrected chi connectivity index (χ4v) is 3.18. The Morgan fingerprint density at radius 1 is 0.920 bits per heavy atom. The van der Waals surface area contributed by atoms with Crippen LogP contribution >= 0.6 is 0 Å². The molecule has 0 radical (unpaired) electrons. The van der Waals surface area contributed by atoms with Gasteiger partial charge in [-0.2, -0.15) is 0 Å². The largest absolute Gasteiger partial charge is 0.322 e. The maximum Gasteiger partial charge on any atom is 0.264 e. The summed E-state index contributed by atoms with van der Waals surface area (Å²) in [4.78, 5) is 23.1. The van der Waals surface area contributed by atoms with Crippen molar-refractivity contribution < 1.29 is 18.0 Å². The summed E-state index contributed by atoms with van der Waals surface area (Å²) in [6, 6.07) is 12.9. The van der Waals surface area contributed by atoms with Crippen molar-refractivity contribution in [1.29, 1.82) is 0 Å². The molecule has 0 saturated heterocycles. The van der Waals surface area contributed by atoms with Crippen molar-refractivity contribution in [1.82, 2.24) is 4.72 Å². The zero-order valence-electron chi connectivity index (χ0n) is 14.2. The van der Waals surface area contributed by atoms with Crippen LogP contribution in [0.25, 0.3) is 0 Å². The van der Waals surface area contributed by atoms with Crippen LogP contribution in [0.15, 0.2) is 53.4 Å². The number of benzene rings is 2. The summed E-state index contributed by atoms with van der Waals surface area (Å²) >= 11 is 0. The normalized spacial score (nSPS) is 11.2. The van der Waals surface area contributed by atoms with E-state index in [2.05, 4.69) is 19.2 Å². The molecule has 0 spiro atoms. The topological polar surface area (TPSA) is 92.3 Å². The van der Waals surface area contributed by atoms with Gasteiger partial charge >= 0.3 is 0 Å². The van der Waals surface area contributed by atoms with E-state index in [1.54, 1.807) is 12.1 Å². The Morgan fingerprint density at radius 2 is 1.48 bits per heavy atom. The molecule has 0 atom stereocenters. The van der Waals surface area contributed by atoms with E-state index < -0.39 is 15.9 Å². The van der Waals surface area contributed by atoms with Gasteiger partial charge in [0.25, 0.3) is 15.9 Å². The highest BCUT2D eigenvalue weighted by Crippen LogP contribution is 2.17. The summed E-state index contributed by atoms with van der Waals surface area (Å²) in [6.45, 7) is 5.27. The van der Waals surface area contributed by atoms with Gasteiger partial charge in [0.05, 0.1) is 4.90 Å². The van der Waals surface area contributed by atoms with Gasteiger partial charge in [0.15, 0.2) is 0 Å². The minimum Gasteiger partial charge on any atom is -0.322 e. The number of anilines is 1. The van der Waals surface area contributed by atoms with E-state index in [0.29, 0.717) is 17.2 Å². The highest BCUT2D eigenvalue weighted by atomic mass is 32.2. The van der Waals surface area contributed by atoms with Crippen molar-refractivity contribution >= 4 is 27.5 Å². The lowest BCUT2D eigenvalue weighted by Gasteiger charge is -2.09. The second-order valence-electron chi connectivity index (χ2n) is 5.92. The lowest BCUT2D eigenvalue weighted by Crippen LogP contribution is -2.28. The molecule has 0 saturated carbocycles. The van der Waals surface area contributed by atoms with E-state index in [4.69, 9.17) is 0 Å².